The van der Waals surface area contributed by atoms with Crippen LogP contribution in [0.15, 0.2) is 170 Å². The molecule has 0 N–H and O–H groups in total. The topological polar surface area (TPSA) is 3.24 Å². The molecule has 60 heavy (non-hydrogen) atoms. The summed E-state index contributed by atoms with van der Waals surface area (Å²) in [6.45, 7) is 0.0904. The van der Waals surface area contributed by atoms with Crippen LogP contribution in [0.25, 0.3) is 103 Å². The Kier molecular flexibility index (Phi) is 6.36. The highest BCUT2D eigenvalue weighted by molar-refractivity contribution is 7.27. The van der Waals surface area contributed by atoms with Crippen LogP contribution in [0.4, 0.5) is 17.1 Å². The molecule has 13 aromatic rings. The van der Waals surface area contributed by atoms with Gasteiger partial charge in [0, 0.05) is 86.4 Å². The average molecular weight is 830 g/mol. The molecule has 0 saturated heterocycles. The van der Waals surface area contributed by atoms with Crippen molar-refractivity contribution in [1.29, 1.82) is 0 Å². The first-order valence-electron chi connectivity index (χ1n) is 20.4. The van der Waals surface area contributed by atoms with Crippen molar-refractivity contribution < 1.29 is 0 Å². The van der Waals surface area contributed by atoms with Crippen molar-refractivity contribution in [2.45, 2.75) is 0 Å². The van der Waals surface area contributed by atoms with E-state index in [-0.39, 0.29) is 6.71 Å². The number of hydrogen-bond acceptors (Lipinski definition) is 5. The van der Waals surface area contributed by atoms with Crippen molar-refractivity contribution in [3.8, 4) is 22.3 Å². The van der Waals surface area contributed by atoms with E-state index < -0.39 is 0 Å². The minimum absolute atomic E-state index is 0.0904. The summed E-state index contributed by atoms with van der Waals surface area (Å²) in [5.74, 6) is 0. The summed E-state index contributed by atoms with van der Waals surface area (Å²) in [6.07, 6.45) is 0. The highest BCUT2D eigenvalue weighted by Gasteiger charge is 2.45. The third-order valence-corrected chi connectivity index (χ3v) is 17.8. The van der Waals surface area contributed by atoms with Gasteiger partial charge in [-0.1, -0.05) is 109 Å². The molecule has 9 aromatic carbocycles. The largest absolute Gasteiger partial charge is 0.310 e. The van der Waals surface area contributed by atoms with Gasteiger partial charge in [0.15, 0.2) is 0 Å². The van der Waals surface area contributed by atoms with Gasteiger partial charge in [0.25, 0.3) is 0 Å². The van der Waals surface area contributed by atoms with Gasteiger partial charge >= 0.3 is 0 Å². The molecule has 2 aliphatic rings. The van der Waals surface area contributed by atoms with Gasteiger partial charge in [0.2, 0.25) is 6.71 Å². The van der Waals surface area contributed by atoms with Gasteiger partial charge < -0.3 is 4.90 Å². The lowest BCUT2D eigenvalue weighted by atomic mass is 9.37. The second-order valence-corrected chi connectivity index (χ2v) is 20.6. The van der Waals surface area contributed by atoms with Gasteiger partial charge in [-0.15, -0.1) is 45.3 Å². The van der Waals surface area contributed by atoms with Gasteiger partial charge in [0.05, 0.1) is 11.4 Å². The Morgan fingerprint density at radius 1 is 0.350 bits per heavy atom. The molecule has 6 heteroatoms. The molecule has 0 saturated carbocycles. The maximum atomic E-state index is 2.71. The Hall–Kier alpha value is -6.28. The normalized spacial score (nSPS) is 13.3. The van der Waals surface area contributed by atoms with Crippen LogP contribution in [-0.2, 0) is 0 Å². The summed E-state index contributed by atoms with van der Waals surface area (Å²) in [5, 5.41) is 10.7. The zero-order valence-electron chi connectivity index (χ0n) is 31.8. The van der Waals surface area contributed by atoms with Crippen LogP contribution in [0.1, 0.15) is 0 Å². The molecule has 0 radical (unpaired) electrons. The van der Waals surface area contributed by atoms with Gasteiger partial charge in [-0.2, -0.15) is 0 Å². The summed E-state index contributed by atoms with van der Waals surface area (Å²) in [5.41, 5.74) is 13.4. The molecule has 0 atom stereocenters. The van der Waals surface area contributed by atoms with Gasteiger partial charge in [-0.05, 0) is 99.9 Å². The van der Waals surface area contributed by atoms with Gasteiger partial charge in [0.1, 0.15) is 0 Å². The average Bonchev–Trinajstić information content (AvgIpc) is 4.11. The molecule has 276 valence electrons. The first-order chi connectivity index (χ1) is 29.8. The highest BCUT2D eigenvalue weighted by Crippen LogP contribution is 2.53. The van der Waals surface area contributed by atoms with E-state index in [1.165, 1.54) is 136 Å². The van der Waals surface area contributed by atoms with Gasteiger partial charge in [-0.25, -0.2) is 0 Å². The third-order valence-electron chi connectivity index (χ3n) is 13.3. The van der Waals surface area contributed by atoms with Gasteiger partial charge in [-0.3, -0.25) is 0 Å². The minimum Gasteiger partial charge on any atom is -0.310 e. The molecule has 15 rings (SSSR count). The molecule has 0 amide bonds. The number of anilines is 3. The summed E-state index contributed by atoms with van der Waals surface area (Å²) in [7, 11) is 0. The van der Waals surface area contributed by atoms with E-state index in [9.17, 15) is 0 Å². The third kappa shape index (κ3) is 4.12. The Morgan fingerprint density at radius 2 is 0.850 bits per heavy atom. The van der Waals surface area contributed by atoms with E-state index in [0.29, 0.717) is 0 Å². The van der Waals surface area contributed by atoms with Crippen molar-refractivity contribution >= 4 is 166 Å². The van der Waals surface area contributed by atoms with E-state index in [0.717, 1.165) is 0 Å². The molecule has 0 aliphatic carbocycles. The maximum absolute atomic E-state index is 2.71. The van der Waals surface area contributed by atoms with E-state index >= 15 is 0 Å². The molecule has 1 nitrogen and oxygen atoms in total. The first kappa shape index (κ1) is 32.6. The van der Waals surface area contributed by atoms with E-state index in [4.69, 9.17) is 0 Å². The smallest absolute Gasteiger partial charge is 0.248 e. The fourth-order valence-electron chi connectivity index (χ4n) is 10.9. The molecule has 0 bridgehead atoms. The van der Waals surface area contributed by atoms with Crippen molar-refractivity contribution in [1.82, 2.24) is 0 Å². The monoisotopic (exact) mass is 829 g/mol. The SMILES string of the molecule is c1ccc2c(c1)sc1cccc(-c3cc4c5c(c3)N(c3cccc6sc7ccccc7c36)c3c(ccc6sc7ccccc7c36)B5c3ccc5sc6ccccc6c5c3-4)c12. The molecular formula is C54H28BNS4. The highest BCUT2D eigenvalue weighted by atomic mass is 32.1. The van der Waals surface area contributed by atoms with Crippen molar-refractivity contribution in [3.63, 3.8) is 0 Å². The molecule has 0 unspecified atom stereocenters. The summed E-state index contributed by atoms with van der Waals surface area (Å²) in [4.78, 5) is 2.71. The first-order valence-corrected chi connectivity index (χ1v) is 23.7. The lowest BCUT2D eigenvalue weighted by Crippen LogP contribution is -2.54. The van der Waals surface area contributed by atoms with E-state index in [1.54, 1.807) is 0 Å². The van der Waals surface area contributed by atoms with Crippen LogP contribution in [0, 0.1) is 0 Å². The molecule has 6 heterocycles. The van der Waals surface area contributed by atoms with Crippen LogP contribution < -0.4 is 21.3 Å². The number of benzene rings is 9. The van der Waals surface area contributed by atoms with Crippen LogP contribution in [0.2, 0.25) is 0 Å². The lowest BCUT2D eigenvalue weighted by Gasteiger charge is -2.37. The summed E-state index contributed by atoms with van der Waals surface area (Å²) in [6, 6.07) is 64.8. The number of hydrogen-bond donors (Lipinski definition) is 0. The van der Waals surface area contributed by atoms with Crippen molar-refractivity contribution in [2.75, 3.05) is 4.90 Å². The van der Waals surface area contributed by atoms with E-state index in [1.807, 2.05) is 45.3 Å². The number of nitrogens with zero attached hydrogens (tertiary/aromatic N) is 1. The predicted octanol–water partition coefficient (Wildman–Crippen LogP) is 15.1. The quantitative estimate of drug-likeness (QED) is 0.157. The van der Waals surface area contributed by atoms with Crippen LogP contribution in [0.5, 0.6) is 0 Å². The van der Waals surface area contributed by atoms with Crippen LogP contribution >= 0.6 is 45.3 Å². The summed E-state index contributed by atoms with van der Waals surface area (Å²) < 4.78 is 10.7. The molecule has 0 fully saturated rings. The maximum Gasteiger partial charge on any atom is 0.248 e. The molecular weight excluding hydrogens is 802 g/mol. The molecule has 4 aromatic heterocycles. The van der Waals surface area contributed by atoms with Crippen molar-refractivity contribution in [2.24, 2.45) is 0 Å². The van der Waals surface area contributed by atoms with Crippen molar-refractivity contribution in [3.05, 3.63) is 170 Å². The zero-order valence-corrected chi connectivity index (χ0v) is 35.1. The predicted molar refractivity (Wildman–Crippen MR) is 268 cm³/mol. The number of fused-ring (bicyclic) bond motifs is 19. The second-order valence-electron chi connectivity index (χ2n) is 16.2. The Labute approximate surface area is 360 Å². The van der Waals surface area contributed by atoms with E-state index in [2.05, 4.69) is 175 Å². The Bertz CT molecular complexity index is 4050. The Morgan fingerprint density at radius 3 is 1.52 bits per heavy atom. The lowest BCUT2D eigenvalue weighted by molar-refractivity contribution is 1.33. The molecule has 2 aliphatic heterocycles. The van der Waals surface area contributed by atoms with Crippen LogP contribution in [0.3, 0.4) is 0 Å². The summed E-state index contributed by atoms with van der Waals surface area (Å²) >= 11 is 7.63. The fraction of sp³-hybridized carbons (Fsp3) is 0. The standard InChI is InChI=1S/C54H28BNS4/c1-5-17-40-31(11-1)48-30(15-9-21-44(48)57-40)29-27-35-49-36(23-25-46-51(49)33-13-3-7-19-42(33)59-46)55-37-24-26-47-52(34-14-4-8-20-43(34)60-47)54(37)56(39(28-29)53(35)55)38-16-10-22-45-50(38)32-12-2-6-18-41(32)58-45/h1-28H. The minimum atomic E-state index is 0.0904. The second kappa shape index (κ2) is 11.7. The Balaban J connectivity index is 1.16. The fourth-order valence-corrected chi connectivity index (χ4v) is 15.4. The number of rotatable bonds is 2. The molecule has 0 spiro atoms. The number of thiophene rings is 4. The zero-order chi connectivity index (χ0) is 38.8. The van der Waals surface area contributed by atoms with Crippen LogP contribution in [-0.4, -0.2) is 6.71 Å².